The maximum Gasteiger partial charge on any atom is 0.161 e. The third-order valence-electron chi connectivity index (χ3n) is 3.43. The Morgan fingerprint density at radius 1 is 1.29 bits per heavy atom. The van der Waals surface area contributed by atoms with E-state index in [0.717, 1.165) is 30.8 Å². The molecule has 0 spiro atoms. The molecule has 0 aromatic rings. The van der Waals surface area contributed by atoms with E-state index in [2.05, 4.69) is 13.8 Å². The van der Waals surface area contributed by atoms with E-state index in [1.165, 1.54) is 12.8 Å². The molecule has 80 valence electrons. The molecule has 1 saturated carbocycles. The summed E-state index contributed by atoms with van der Waals surface area (Å²) in [6, 6.07) is 0. The van der Waals surface area contributed by atoms with Gasteiger partial charge in [-0.15, -0.1) is 0 Å². The Kier molecular flexibility index (Phi) is 4.37. The van der Waals surface area contributed by atoms with Gasteiger partial charge >= 0.3 is 0 Å². The summed E-state index contributed by atoms with van der Waals surface area (Å²) in [5.74, 6) is 1.58. The second-order valence-electron chi connectivity index (χ2n) is 4.49. The Labute approximate surface area is 87.6 Å². The number of allylic oxidation sites excluding steroid dienone is 2. The monoisotopic (exact) mass is 194 g/mol. The second kappa shape index (κ2) is 5.33. The number of hydrogen-bond acceptors (Lipinski definition) is 1. The van der Waals surface area contributed by atoms with E-state index >= 15 is 0 Å². The van der Waals surface area contributed by atoms with Crippen molar-refractivity contribution < 1.29 is 4.79 Å². The molecule has 14 heavy (non-hydrogen) atoms. The van der Waals surface area contributed by atoms with Gasteiger partial charge in [0.15, 0.2) is 5.78 Å². The van der Waals surface area contributed by atoms with Crippen molar-refractivity contribution in [3.63, 3.8) is 0 Å². The first-order valence-corrected chi connectivity index (χ1v) is 5.88. The quantitative estimate of drug-likeness (QED) is 0.625. The fourth-order valence-corrected chi connectivity index (χ4v) is 2.31. The SMILES string of the molecule is CC=C(CC)C(=O)C1CCC(C)CC1. The lowest BCUT2D eigenvalue weighted by atomic mass is 9.79. The first-order valence-electron chi connectivity index (χ1n) is 5.88. The van der Waals surface area contributed by atoms with Crippen molar-refractivity contribution in [3.05, 3.63) is 11.6 Å². The summed E-state index contributed by atoms with van der Waals surface area (Å²) in [6.45, 7) is 6.33. The Balaban J connectivity index is 2.53. The Morgan fingerprint density at radius 2 is 1.86 bits per heavy atom. The van der Waals surface area contributed by atoms with Gasteiger partial charge < -0.3 is 0 Å². The van der Waals surface area contributed by atoms with Crippen molar-refractivity contribution in [1.29, 1.82) is 0 Å². The van der Waals surface area contributed by atoms with Gasteiger partial charge in [0.1, 0.15) is 0 Å². The van der Waals surface area contributed by atoms with Gasteiger partial charge in [0.2, 0.25) is 0 Å². The van der Waals surface area contributed by atoms with Crippen LogP contribution in [0, 0.1) is 11.8 Å². The van der Waals surface area contributed by atoms with Gasteiger partial charge in [-0.2, -0.15) is 0 Å². The molecule has 1 aliphatic carbocycles. The van der Waals surface area contributed by atoms with Gasteiger partial charge in [0.05, 0.1) is 0 Å². The van der Waals surface area contributed by atoms with Gasteiger partial charge in [-0.1, -0.05) is 32.8 Å². The predicted molar refractivity (Wildman–Crippen MR) is 60.2 cm³/mol. The molecule has 0 bridgehead atoms. The second-order valence-corrected chi connectivity index (χ2v) is 4.49. The van der Waals surface area contributed by atoms with Crippen LogP contribution in [0.25, 0.3) is 0 Å². The average molecular weight is 194 g/mol. The molecule has 0 saturated heterocycles. The number of carbonyl (C=O) groups excluding carboxylic acids is 1. The van der Waals surface area contributed by atoms with Gasteiger partial charge in [0.25, 0.3) is 0 Å². The summed E-state index contributed by atoms with van der Waals surface area (Å²) < 4.78 is 0. The highest BCUT2D eigenvalue weighted by Gasteiger charge is 2.25. The first-order chi connectivity index (χ1) is 6.69. The third kappa shape index (κ3) is 2.70. The van der Waals surface area contributed by atoms with Crippen molar-refractivity contribution in [2.45, 2.75) is 52.9 Å². The van der Waals surface area contributed by atoms with Crippen LogP contribution in [0.1, 0.15) is 52.9 Å². The van der Waals surface area contributed by atoms with Gasteiger partial charge in [0, 0.05) is 5.92 Å². The lowest BCUT2D eigenvalue weighted by molar-refractivity contribution is -0.120. The van der Waals surface area contributed by atoms with E-state index in [0.29, 0.717) is 11.7 Å². The van der Waals surface area contributed by atoms with Gasteiger partial charge in [-0.3, -0.25) is 4.79 Å². The van der Waals surface area contributed by atoms with Crippen LogP contribution in [0.4, 0.5) is 0 Å². The van der Waals surface area contributed by atoms with Crippen molar-refractivity contribution in [2.24, 2.45) is 11.8 Å². The molecule has 0 unspecified atom stereocenters. The van der Waals surface area contributed by atoms with Crippen LogP contribution in [0.15, 0.2) is 11.6 Å². The van der Waals surface area contributed by atoms with Crippen LogP contribution in [0.5, 0.6) is 0 Å². The Morgan fingerprint density at radius 3 is 2.29 bits per heavy atom. The maximum absolute atomic E-state index is 12.0. The van der Waals surface area contributed by atoms with Crippen LogP contribution in [0.2, 0.25) is 0 Å². The van der Waals surface area contributed by atoms with Gasteiger partial charge in [-0.25, -0.2) is 0 Å². The molecule has 1 heteroatoms. The zero-order valence-electron chi connectivity index (χ0n) is 9.68. The summed E-state index contributed by atoms with van der Waals surface area (Å²) >= 11 is 0. The highest BCUT2D eigenvalue weighted by molar-refractivity contribution is 5.97. The van der Waals surface area contributed by atoms with Crippen LogP contribution < -0.4 is 0 Å². The van der Waals surface area contributed by atoms with Crippen LogP contribution in [0.3, 0.4) is 0 Å². The maximum atomic E-state index is 12.0. The molecule has 0 aromatic carbocycles. The number of hydrogen-bond donors (Lipinski definition) is 0. The number of ketones is 1. The van der Waals surface area contributed by atoms with Crippen molar-refractivity contribution >= 4 is 5.78 Å². The Bertz CT molecular complexity index is 219. The van der Waals surface area contributed by atoms with E-state index in [4.69, 9.17) is 0 Å². The smallest absolute Gasteiger partial charge is 0.161 e. The highest BCUT2D eigenvalue weighted by Crippen LogP contribution is 2.30. The molecular formula is C13H22O. The lowest BCUT2D eigenvalue weighted by Gasteiger charge is -2.25. The normalized spacial score (nSPS) is 28.9. The van der Waals surface area contributed by atoms with E-state index in [1.807, 2.05) is 13.0 Å². The van der Waals surface area contributed by atoms with E-state index < -0.39 is 0 Å². The molecule has 0 aliphatic heterocycles. The number of Topliss-reactive ketones (excluding diaryl/α,β-unsaturated/α-hetero) is 1. The molecule has 1 fully saturated rings. The van der Waals surface area contributed by atoms with E-state index in [9.17, 15) is 4.79 Å². The lowest BCUT2D eigenvalue weighted by Crippen LogP contribution is -2.22. The minimum atomic E-state index is 0.331. The first kappa shape index (κ1) is 11.5. The molecule has 0 N–H and O–H groups in total. The van der Waals surface area contributed by atoms with Crippen molar-refractivity contribution in [3.8, 4) is 0 Å². The fraction of sp³-hybridized carbons (Fsp3) is 0.769. The molecule has 0 heterocycles. The standard InChI is InChI=1S/C13H22O/c1-4-11(5-2)13(14)12-8-6-10(3)7-9-12/h4,10,12H,5-9H2,1-3H3. The molecule has 0 radical (unpaired) electrons. The molecule has 1 nitrogen and oxygen atoms in total. The van der Waals surface area contributed by atoms with Gasteiger partial charge in [-0.05, 0) is 37.7 Å². The highest BCUT2D eigenvalue weighted by atomic mass is 16.1. The third-order valence-corrected chi connectivity index (χ3v) is 3.43. The summed E-state index contributed by atoms with van der Waals surface area (Å²) in [5, 5.41) is 0. The summed E-state index contributed by atoms with van der Waals surface area (Å²) in [4.78, 5) is 12.0. The zero-order valence-corrected chi connectivity index (χ0v) is 9.68. The van der Waals surface area contributed by atoms with Crippen LogP contribution >= 0.6 is 0 Å². The molecular weight excluding hydrogens is 172 g/mol. The van der Waals surface area contributed by atoms with Crippen molar-refractivity contribution in [1.82, 2.24) is 0 Å². The van der Waals surface area contributed by atoms with E-state index in [1.54, 1.807) is 0 Å². The largest absolute Gasteiger partial charge is 0.294 e. The predicted octanol–water partition coefficient (Wildman–Crippen LogP) is 3.74. The van der Waals surface area contributed by atoms with E-state index in [-0.39, 0.29) is 0 Å². The zero-order chi connectivity index (χ0) is 10.6. The summed E-state index contributed by atoms with van der Waals surface area (Å²) in [7, 11) is 0. The summed E-state index contributed by atoms with van der Waals surface area (Å²) in [5.41, 5.74) is 1.03. The van der Waals surface area contributed by atoms with Crippen molar-refractivity contribution in [2.75, 3.05) is 0 Å². The average Bonchev–Trinajstić information content (AvgIpc) is 2.20. The molecule has 1 rings (SSSR count). The minimum Gasteiger partial charge on any atom is -0.294 e. The number of carbonyl (C=O) groups is 1. The molecule has 1 aliphatic rings. The van der Waals surface area contributed by atoms with Crippen LogP contribution in [-0.2, 0) is 4.79 Å². The Hall–Kier alpha value is -0.590. The summed E-state index contributed by atoms with van der Waals surface area (Å²) in [6.07, 6.45) is 7.56. The minimum absolute atomic E-state index is 0.331. The van der Waals surface area contributed by atoms with Crippen LogP contribution in [-0.4, -0.2) is 5.78 Å². The molecule has 0 amide bonds. The molecule has 0 atom stereocenters. The fourth-order valence-electron chi connectivity index (χ4n) is 2.31. The number of rotatable bonds is 3. The topological polar surface area (TPSA) is 17.1 Å². The molecule has 0 aromatic heterocycles.